The largest absolute Gasteiger partial charge is 0.508 e. The van der Waals surface area contributed by atoms with E-state index in [4.69, 9.17) is 22.9 Å². The van der Waals surface area contributed by atoms with E-state index < -0.39 is 270 Å². The SMILES string of the molecule is CC(C)C[C@@H]1NC(=O)[C@H](Cc2c[nH]c3ccccc23)NC(=O)[C@H](CC(=O)O)NC(=O)[C@H](Cc2ccc(O)cc2)NC(=O)[C@H](CC(N)=O)NC(=O)CSC[C@@H](C(=O)NCC(N)=O)NC(=O)[C@H]([C@@H](C)O)NC(=O)[C@H](C(C)C)NC(=O)[C@H](CC(C)C)NC(=O)[C@H](CC(N)=O)NC(=O)[C@H]2CCCN2C(=O)[C@H](CCCN)NC(=O)[C@H](C(C)C)NC(=O)[C@H](Cc2ccc(-c3ccccc3)cc2)NC1=O. The number of carboxylic acid groups (broad SMARTS) is 1. The molecule has 4 aromatic carbocycles. The van der Waals surface area contributed by atoms with E-state index >= 15 is 28.8 Å². The number of aromatic amines is 1. The summed E-state index contributed by atoms with van der Waals surface area (Å²) in [6.07, 6.45) is -4.51. The molecule has 2 saturated heterocycles. The number of para-hydroxylation sites is 1. The number of nitrogens with zero attached hydrogens (tertiary/aromatic N) is 1. The normalized spacial score (nSPS) is 23.9. The molecule has 0 unspecified atom stereocenters. The Labute approximate surface area is 772 Å². The average Bonchev–Trinajstić information content (AvgIpc) is 1.79. The maximum Gasteiger partial charge on any atom is 0.305 e. The van der Waals surface area contributed by atoms with Crippen molar-refractivity contribution in [2.45, 2.75) is 230 Å². The number of rotatable bonds is 26. The Hall–Kier alpha value is -13.6. The number of fused-ring (bicyclic) bond motifs is 2. The number of carboxylic acids is 1. The molecule has 3 heterocycles. The molecule has 0 bridgehead atoms. The van der Waals surface area contributed by atoms with Crippen molar-refractivity contribution >= 4 is 135 Å². The number of hydrogen-bond donors (Lipinski definition) is 22. The fraction of sp³-hybridized carbons (Fsp3) is 0.500. The third kappa shape index (κ3) is 33.3. The molecule has 18 amide bonds. The van der Waals surface area contributed by atoms with Crippen molar-refractivity contribution < 1.29 is 106 Å². The van der Waals surface area contributed by atoms with E-state index in [1.54, 1.807) is 96.3 Å². The van der Waals surface area contributed by atoms with E-state index in [1.165, 1.54) is 43.0 Å². The maximum atomic E-state index is 15.4. The van der Waals surface area contributed by atoms with Gasteiger partial charge in [0.05, 0.1) is 37.7 Å². The highest BCUT2D eigenvalue weighted by Crippen LogP contribution is 2.26. The second-order valence-corrected chi connectivity index (χ2v) is 35.6. The topological polar surface area (TPSA) is 677 Å². The first-order valence-electron chi connectivity index (χ1n) is 43.9. The van der Waals surface area contributed by atoms with E-state index in [9.17, 15) is 77.6 Å². The minimum Gasteiger partial charge on any atom is -0.508 e. The molecule has 7 rings (SSSR count). The smallest absolute Gasteiger partial charge is 0.305 e. The van der Waals surface area contributed by atoms with Crippen molar-refractivity contribution in [2.24, 2.45) is 46.6 Å². The second-order valence-electron chi connectivity index (χ2n) is 34.6. The van der Waals surface area contributed by atoms with Crippen molar-refractivity contribution in [3.05, 3.63) is 126 Å². The van der Waals surface area contributed by atoms with Crippen LogP contribution >= 0.6 is 11.8 Å². The molecule has 722 valence electrons. The Morgan fingerprint density at radius 3 is 1.41 bits per heavy atom. The van der Waals surface area contributed by atoms with Gasteiger partial charge >= 0.3 is 5.97 Å². The van der Waals surface area contributed by atoms with Gasteiger partial charge in [0.2, 0.25) is 106 Å². The number of H-pyrrole nitrogens is 1. The standard InChI is InChI=1S/C90H124N20O22S/c1-45(2)33-59-78(120)102-62(35-50-23-27-53(28-24-50)52-17-11-10-12-18-52)85(127)107-74(47(5)6)87(129)98-58(21-15-31-91)90(132)110-32-16-22-68(110)86(128)105-65(39-70(93)114)82(124)100-60(34-46(3)4)84(126)108-75(48(7)8)88(130)109-76(49(9)111)89(131)106-67(77(119)96-42-71(94)115)43-133-44-72(116)97-64(38-69(92)113)81(123)101-61(36-51-25-29-55(112)30-26-51)79(121)104-66(40-73(117)118)83(125)103-63(80(122)99-59)37-54-41-95-57-20-14-13-19-56(54)57/h10-14,17-20,23-30,41,45-49,58-68,74-76,95,111-112H,15-16,21-22,31-40,42-44,91H2,1-9H3,(H2,92,113)(H2,93,114)(H2,94,115)(H,96,119)(H,97,116)(H,98,129)(H,99,122)(H,100,124)(H,101,123)(H,102,120)(H,103,125)(H,104,121)(H,105,128)(H,106,131)(H,107,127)(H,108,126)(H,109,130)(H,117,118)/t49-,58+,59+,60+,61+,62+,63+,64+,65+,66+,67+,68-,74+,75+,76+/m1/s1. The number of primary amides is 3. The van der Waals surface area contributed by atoms with Crippen LogP contribution < -0.4 is 97.4 Å². The summed E-state index contributed by atoms with van der Waals surface area (Å²) in [4.78, 5) is 276. The van der Waals surface area contributed by atoms with Gasteiger partial charge in [0.1, 0.15) is 90.3 Å². The predicted octanol–water partition coefficient (Wildman–Crippen LogP) is -3.04. The zero-order valence-corrected chi connectivity index (χ0v) is 76.5. The number of carbonyl (C=O) groups excluding carboxylic acids is 18. The number of aliphatic hydroxyl groups is 1. The van der Waals surface area contributed by atoms with Crippen LogP contribution in [-0.2, 0) is 110 Å². The molecule has 2 fully saturated rings. The van der Waals surface area contributed by atoms with Crippen LogP contribution in [0.3, 0.4) is 0 Å². The zero-order valence-electron chi connectivity index (χ0n) is 75.6. The Morgan fingerprint density at radius 2 is 0.895 bits per heavy atom. The monoisotopic (exact) mass is 1870 g/mol. The third-order valence-corrected chi connectivity index (χ3v) is 23.0. The highest BCUT2D eigenvalue weighted by Gasteiger charge is 2.44. The average molecular weight is 1870 g/mol. The van der Waals surface area contributed by atoms with Crippen molar-refractivity contribution in [3.8, 4) is 16.9 Å². The number of aromatic nitrogens is 1. The van der Waals surface area contributed by atoms with Crippen molar-refractivity contribution in [1.82, 2.24) is 84.3 Å². The fourth-order valence-corrected chi connectivity index (χ4v) is 15.9. The quantitative estimate of drug-likeness (QED) is 0.0262. The van der Waals surface area contributed by atoms with Gasteiger partial charge in [-0.15, -0.1) is 11.8 Å². The van der Waals surface area contributed by atoms with E-state index in [1.807, 2.05) is 30.3 Å². The molecule has 0 aliphatic carbocycles. The number of nitrogens with one attached hydrogen (secondary N) is 15. The number of aromatic hydroxyl groups is 1. The second kappa shape index (κ2) is 51.3. The summed E-state index contributed by atoms with van der Waals surface area (Å²) in [5, 5.41) is 67.6. The van der Waals surface area contributed by atoms with E-state index in [-0.39, 0.29) is 75.8 Å². The van der Waals surface area contributed by atoms with Crippen LogP contribution in [0.1, 0.15) is 137 Å². The first-order valence-corrected chi connectivity index (χ1v) is 45.1. The lowest BCUT2D eigenvalue weighted by atomic mass is 9.97. The highest BCUT2D eigenvalue weighted by molar-refractivity contribution is 8.00. The number of aliphatic carboxylic acids is 1. The molecule has 2 aliphatic heterocycles. The molecule has 26 N–H and O–H groups in total. The van der Waals surface area contributed by atoms with Gasteiger partial charge in [-0.3, -0.25) is 91.1 Å². The zero-order chi connectivity index (χ0) is 98.2. The van der Waals surface area contributed by atoms with Crippen LogP contribution in [0.5, 0.6) is 5.75 Å². The van der Waals surface area contributed by atoms with E-state index in [0.29, 0.717) is 33.8 Å². The molecule has 2 aliphatic rings. The predicted molar refractivity (Wildman–Crippen MR) is 487 cm³/mol. The van der Waals surface area contributed by atoms with Crippen LogP contribution in [-0.4, -0.2) is 259 Å². The lowest BCUT2D eigenvalue weighted by Crippen LogP contribution is -2.62. The number of carbonyl (C=O) groups is 19. The molecule has 0 radical (unpaired) electrons. The molecule has 42 nitrogen and oxygen atoms in total. The summed E-state index contributed by atoms with van der Waals surface area (Å²) >= 11 is 0.600. The fourth-order valence-electron chi connectivity index (χ4n) is 15.0. The minimum atomic E-state index is -2.12. The van der Waals surface area contributed by atoms with Gasteiger partial charge in [0, 0.05) is 48.7 Å². The summed E-state index contributed by atoms with van der Waals surface area (Å²) < 4.78 is 0. The van der Waals surface area contributed by atoms with Crippen LogP contribution in [0.4, 0.5) is 0 Å². The van der Waals surface area contributed by atoms with Gasteiger partial charge in [-0.2, -0.15) is 0 Å². The van der Waals surface area contributed by atoms with Crippen molar-refractivity contribution in [2.75, 3.05) is 31.1 Å². The number of phenolic OH excluding ortho intramolecular Hbond substituents is 1. The first-order chi connectivity index (χ1) is 62.9. The Bertz CT molecular complexity index is 4980. The number of phenols is 1. The van der Waals surface area contributed by atoms with Crippen LogP contribution in [0.15, 0.2) is 109 Å². The Kier molecular flexibility index (Phi) is 41.1. The third-order valence-electron chi connectivity index (χ3n) is 22.0. The molecule has 1 aromatic heterocycles. The van der Waals surface area contributed by atoms with Crippen molar-refractivity contribution in [1.29, 1.82) is 0 Å². The lowest BCUT2D eigenvalue weighted by Gasteiger charge is -2.32. The van der Waals surface area contributed by atoms with E-state index in [0.717, 1.165) is 18.1 Å². The van der Waals surface area contributed by atoms with Gasteiger partial charge < -0.3 is 123 Å². The van der Waals surface area contributed by atoms with Crippen LogP contribution in [0, 0.1) is 23.7 Å². The first kappa shape index (κ1) is 106. The summed E-state index contributed by atoms with van der Waals surface area (Å²) in [5.74, 6) is -25.1. The van der Waals surface area contributed by atoms with Gasteiger partial charge in [-0.25, -0.2) is 0 Å². The molecule has 0 saturated carbocycles. The van der Waals surface area contributed by atoms with Crippen LogP contribution in [0.2, 0.25) is 0 Å². The minimum absolute atomic E-state index is 0.00638. The van der Waals surface area contributed by atoms with Gasteiger partial charge in [0.25, 0.3) is 0 Å². The lowest BCUT2D eigenvalue weighted by molar-refractivity contribution is -0.143. The van der Waals surface area contributed by atoms with Crippen molar-refractivity contribution in [3.63, 3.8) is 0 Å². The molecule has 5 aromatic rings. The summed E-state index contributed by atoms with van der Waals surface area (Å²) in [5.41, 5.74) is 26.0. The van der Waals surface area contributed by atoms with Crippen LogP contribution in [0.25, 0.3) is 22.0 Å². The highest BCUT2D eigenvalue weighted by atomic mass is 32.2. The Balaban J connectivity index is 1.32. The number of nitrogens with two attached hydrogens (primary N) is 4. The molecular weight excluding hydrogens is 1750 g/mol. The molecule has 15 atom stereocenters. The van der Waals surface area contributed by atoms with E-state index in [2.05, 4.69) is 79.4 Å². The number of benzene rings is 4. The molecule has 133 heavy (non-hydrogen) atoms. The summed E-state index contributed by atoms with van der Waals surface area (Å²) in [6, 6.07) is 4.50. The maximum absolute atomic E-state index is 15.4. The molecule has 0 spiro atoms. The van der Waals surface area contributed by atoms with Gasteiger partial charge in [-0.1, -0.05) is 140 Å². The number of thioether (sulfide) groups is 1. The summed E-state index contributed by atoms with van der Waals surface area (Å²) in [7, 11) is 0. The molecular formula is C90H124N20O22S. The number of amides is 18. The molecule has 43 heteroatoms. The number of aliphatic hydroxyl groups excluding tert-OH is 1. The summed E-state index contributed by atoms with van der Waals surface area (Å²) in [6.45, 7) is 13.2. The number of hydrogen-bond acceptors (Lipinski definition) is 23. The van der Waals surface area contributed by atoms with Gasteiger partial charge in [0.15, 0.2) is 0 Å². The Morgan fingerprint density at radius 1 is 0.466 bits per heavy atom. The van der Waals surface area contributed by atoms with Gasteiger partial charge in [-0.05, 0) is 122 Å².